The van der Waals surface area contributed by atoms with Gasteiger partial charge in [-0.3, -0.25) is 0 Å². The molecule has 0 saturated carbocycles. The highest BCUT2D eigenvalue weighted by Crippen LogP contribution is 2.13. The molecule has 0 aromatic carbocycles. The van der Waals surface area contributed by atoms with Crippen LogP contribution in [-0.2, 0) is 0 Å². The van der Waals surface area contributed by atoms with Gasteiger partial charge in [-0.1, -0.05) is 25.4 Å². The molecule has 66 valence electrons. The molecular weight excluding hydrogens is 174 g/mol. The number of rotatable bonds is 3. The van der Waals surface area contributed by atoms with Crippen molar-refractivity contribution in [3.8, 4) is 0 Å². The van der Waals surface area contributed by atoms with E-state index < -0.39 is 0 Å². The Bertz CT molecular complexity index is 250. The molecule has 12 heavy (non-hydrogen) atoms. The van der Waals surface area contributed by atoms with E-state index in [1.165, 1.54) is 0 Å². The predicted molar refractivity (Wildman–Crippen MR) is 50.4 cm³/mol. The van der Waals surface area contributed by atoms with Gasteiger partial charge in [0.1, 0.15) is 0 Å². The molecule has 1 heterocycles. The number of aromatic nitrogens is 2. The Morgan fingerprint density at radius 1 is 1.42 bits per heavy atom. The standard InChI is InChI=1S/C8H12ClN3/c1-6(2)5-12-8-7(9)10-3-4-11-8/h3-4,6H,5H2,1-2H3,(H,11,12). The molecule has 0 aliphatic carbocycles. The van der Waals surface area contributed by atoms with E-state index in [0.29, 0.717) is 16.9 Å². The van der Waals surface area contributed by atoms with Crippen molar-refractivity contribution in [2.24, 2.45) is 5.92 Å². The lowest BCUT2D eigenvalue weighted by Crippen LogP contribution is -2.09. The highest BCUT2D eigenvalue weighted by Gasteiger charge is 2.00. The maximum absolute atomic E-state index is 5.77. The molecule has 0 fully saturated rings. The van der Waals surface area contributed by atoms with E-state index in [4.69, 9.17) is 11.6 Å². The van der Waals surface area contributed by atoms with Gasteiger partial charge in [0.2, 0.25) is 0 Å². The molecule has 0 bridgehead atoms. The number of nitrogens with one attached hydrogen (secondary N) is 1. The zero-order valence-electron chi connectivity index (χ0n) is 7.21. The van der Waals surface area contributed by atoms with Crippen LogP contribution in [0.2, 0.25) is 5.15 Å². The van der Waals surface area contributed by atoms with Crippen molar-refractivity contribution in [1.82, 2.24) is 9.97 Å². The van der Waals surface area contributed by atoms with Gasteiger partial charge in [0.05, 0.1) is 0 Å². The minimum absolute atomic E-state index is 0.429. The average molecular weight is 186 g/mol. The summed E-state index contributed by atoms with van der Waals surface area (Å²) in [4.78, 5) is 7.94. The molecule has 1 N–H and O–H groups in total. The van der Waals surface area contributed by atoms with Crippen molar-refractivity contribution in [1.29, 1.82) is 0 Å². The third kappa shape index (κ3) is 2.66. The Morgan fingerprint density at radius 3 is 2.67 bits per heavy atom. The van der Waals surface area contributed by atoms with Gasteiger partial charge >= 0.3 is 0 Å². The van der Waals surface area contributed by atoms with Crippen LogP contribution in [-0.4, -0.2) is 16.5 Å². The molecule has 1 aromatic heterocycles. The summed E-state index contributed by atoms with van der Waals surface area (Å²) in [5.41, 5.74) is 0. The number of halogens is 1. The lowest BCUT2D eigenvalue weighted by atomic mass is 10.2. The summed E-state index contributed by atoms with van der Waals surface area (Å²) in [5, 5.41) is 3.54. The van der Waals surface area contributed by atoms with Crippen LogP contribution in [0.4, 0.5) is 5.82 Å². The molecule has 0 radical (unpaired) electrons. The summed E-state index contributed by atoms with van der Waals surface area (Å²) in [6, 6.07) is 0. The van der Waals surface area contributed by atoms with Crippen molar-refractivity contribution >= 4 is 17.4 Å². The molecule has 0 amide bonds. The monoisotopic (exact) mass is 185 g/mol. The topological polar surface area (TPSA) is 37.8 Å². The first-order valence-corrected chi connectivity index (χ1v) is 4.28. The minimum Gasteiger partial charge on any atom is -0.367 e. The van der Waals surface area contributed by atoms with Gasteiger partial charge in [-0.15, -0.1) is 0 Å². The highest BCUT2D eigenvalue weighted by atomic mass is 35.5. The Hall–Kier alpha value is -0.830. The van der Waals surface area contributed by atoms with Crippen molar-refractivity contribution in [3.05, 3.63) is 17.5 Å². The summed E-state index contributed by atoms with van der Waals surface area (Å²) in [7, 11) is 0. The van der Waals surface area contributed by atoms with Crippen molar-refractivity contribution < 1.29 is 0 Å². The first-order chi connectivity index (χ1) is 5.70. The second kappa shape index (κ2) is 4.26. The summed E-state index contributed by atoms with van der Waals surface area (Å²) in [6.45, 7) is 5.10. The van der Waals surface area contributed by atoms with Crippen molar-refractivity contribution in [2.75, 3.05) is 11.9 Å². The molecular formula is C8H12ClN3. The van der Waals surface area contributed by atoms with Crippen molar-refractivity contribution in [2.45, 2.75) is 13.8 Å². The molecule has 1 aromatic rings. The first kappa shape index (κ1) is 9.26. The van der Waals surface area contributed by atoms with Gasteiger partial charge in [0, 0.05) is 18.9 Å². The quantitative estimate of drug-likeness (QED) is 0.785. The Balaban J connectivity index is 2.57. The number of hydrogen-bond acceptors (Lipinski definition) is 3. The van der Waals surface area contributed by atoms with Crippen molar-refractivity contribution in [3.63, 3.8) is 0 Å². The second-order valence-corrected chi connectivity index (χ2v) is 3.33. The lowest BCUT2D eigenvalue weighted by Gasteiger charge is -2.07. The third-order valence-electron chi connectivity index (χ3n) is 1.33. The van der Waals surface area contributed by atoms with E-state index in [1.807, 2.05) is 0 Å². The zero-order valence-corrected chi connectivity index (χ0v) is 7.97. The summed E-state index contributed by atoms with van der Waals surface area (Å²) in [5.74, 6) is 1.23. The first-order valence-electron chi connectivity index (χ1n) is 3.90. The van der Waals surface area contributed by atoms with Crippen LogP contribution >= 0.6 is 11.6 Å². The van der Waals surface area contributed by atoms with E-state index in [2.05, 4.69) is 29.1 Å². The predicted octanol–water partition coefficient (Wildman–Crippen LogP) is 2.20. The molecule has 0 atom stereocenters. The molecule has 0 unspecified atom stereocenters. The number of anilines is 1. The largest absolute Gasteiger partial charge is 0.367 e. The number of nitrogens with zero attached hydrogens (tertiary/aromatic N) is 2. The number of hydrogen-bond donors (Lipinski definition) is 1. The second-order valence-electron chi connectivity index (χ2n) is 2.97. The van der Waals surface area contributed by atoms with E-state index in [-0.39, 0.29) is 0 Å². The van der Waals surface area contributed by atoms with Crippen LogP contribution in [0.5, 0.6) is 0 Å². The molecule has 4 heteroatoms. The van der Waals surface area contributed by atoms with Crippen LogP contribution in [0.3, 0.4) is 0 Å². The van der Waals surface area contributed by atoms with Crippen LogP contribution in [0.15, 0.2) is 12.4 Å². The van der Waals surface area contributed by atoms with E-state index in [0.717, 1.165) is 6.54 Å². The van der Waals surface area contributed by atoms with Gasteiger partial charge in [0.25, 0.3) is 0 Å². The van der Waals surface area contributed by atoms with Crippen LogP contribution in [0.1, 0.15) is 13.8 Å². The molecule has 0 spiro atoms. The smallest absolute Gasteiger partial charge is 0.171 e. The maximum atomic E-state index is 5.77. The van der Waals surface area contributed by atoms with Crippen LogP contribution < -0.4 is 5.32 Å². The van der Waals surface area contributed by atoms with Crippen LogP contribution in [0, 0.1) is 5.92 Å². The summed E-state index contributed by atoms with van der Waals surface area (Å²) < 4.78 is 0. The summed E-state index contributed by atoms with van der Waals surface area (Å²) in [6.07, 6.45) is 3.19. The SMILES string of the molecule is CC(C)CNc1nccnc1Cl. The van der Waals surface area contributed by atoms with Gasteiger partial charge < -0.3 is 5.32 Å². The fourth-order valence-corrected chi connectivity index (χ4v) is 0.912. The fourth-order valence-electron chi connectivity index (χ4n) is 0.740. The average Bonchev–Trinajstić information content (AvgIpc) is 2.03. The third-order valence-corrected chi connectivity index (χ3v) is 1.61. The highest BCUT2D eigenvalue weighted by molar-refractivity contribution is 6.31. The normalized spacial score (nSPS) is 10.3. The Morgan fingerprint density at radius 2 is 2.08 bits per heavy atom. The molecule has 0 saturated heterocycles. The Kier molecular flexibility index (Phi) is 3.29. The van der Waals surface area contributed by atoms with E-state index >= 15 is 0 Å². The Labute approximate surface area is 77.2 Å². The summed E-state index contributed by atoms with van der Waals surface area (Å²) >= 11 is 5.77. The minimum atomic E-state index is 0.429. The van der Waals surface area contributed by atoms with E-state index in [1.54, 1.807) is 12.4 Å². The zero-order chi connectivity index (χ0) is 8.97. The fraction of sp³-hybridized carbons (Fsp3) is 0.500. The molecule has 0 aliphatic rings. The molecule has 1 rings (SSSR count). The molecule has 3 nitrogen and oxygen atoms in total. The lowest BCUT2D eigenvalue weighted by molar-refractivity contribution is 0.686. The maximum Gasteiger partial charge on any atom is 0.171 e. The molecule has 0 aliphatic heterocycles. The van der Waals surface area contributed by atoms with Gasteiger partial charge in [-0.05, 0) is 5.92 Å². The van der Waals surface area contributed by atoms with E-state index in [9.17, 15) is 0 Å². The van der Waals surface area contributed by atoms with Gasteiger partial charge in [0.15, 0.2) is 11.0 Å². The van der Waals surface area contributed by atoms with Gasteiger partial charge in [-0.2, -0.15) is 0 Å². The van der Waals surface area contributed by atoms with Crippen LogP contribution in [0.25, 0.3) is 0 Å². The van der Waals surface area contributed by atoms with Gasteiger partial charge in [-0.25, -0.2) is 9.97 Å².